The number of halogens is 2. The Morgan fingerprint density at radius 3 is 0.750 bits per heavy atom. The normalized spacial score (nSPS) is 0. The van der Waals surface area contributed by atoms with Gasteiger partial charge >= 0.3 is 62.8 Å². The largest absolute Gasteiger partial charge is 3.00 e. The first-order valence-electron chi connectivity index (χ1n) is 0. The van der Waals surface area contributed by atoms with Crippen LogP contribution in [0, 0.1) is 0 Å². The predicted octanol–water partition coefficient (Wildman–Crippen LogP) is -6.75. The van der Waals surface area contributed by atoms with Gasteiger partial charge in [-0.25, -0.2) is 0 Å². The summed E-state index contributed by atoms with van der Waals surface area (Å²) in [5.74, 6) is 0. The fraction of sp³-hybridized carbons (Fsp3) is 0. The van der Waals surface area contributed by atoms with Crippen molar-refractivity contribution in [2.45, 2.75) is 0 Å². The summed E-state index contributed by atoms with van der Waals surface area (Å²) in [5, 5.41) is 0. The van der Waals surface area contributed by atoms with Gasteiger partial charge in [-0.05, 0) is 0 Å². The van der Waals surface area contributed by atoms with E-state index in [-0.39, 0.29) is 72.3 Å². The molecule has 0 aliphatic rings. The quantitative estimate of drug-likeness (QED) is 0.303. The van der Waals surface area contributed by atoms with Gasteiger partial charge in [0.1, 0.15) is 0 Å². The molecule has 0 aromatic carbocycles. The first kappa shape index (κ1) is 39.8. The van der Waals surface area contributed by atoms with E-state index in [0.29, 0.717) is 0 Å². The predicted molar refractivity (Wildman–Crippen MR) is 11.5 cm³/mol. The number of hydrogen-bond donors (Lipinski definition) is 0. The maximum Gasteiger partial charge on any atom is 3.00 e. The zero-order chi connectivity index (χ0) is 0. The molecule has 16 valence electrons. The van der Waals surface area contributed by atoms with Gasteiger partial charge in [0.25, 0.3) is 0 Å². The molecule has 4 heavy (non-hydrogen) atoms. The Labute approximate surface area is 71.1 Å². The molecule has 0 unspecified atom stereocenters. The molecule has 0 atom stereocenters. The van der Waals surface area contributed by atoms with Crippen molar-refractivity contribution in [2.24, 2.45) is 0 Å². The summed E-state index contributed by atoms with van der Waals surface area (Å²) >= 11 is 0. The second kappa shape index (κ2) is 20.8. The van der Waals surface area contributed by atoms with E-state index in [1.54, 1.807) is 0 Å². The minimum Gasteiger partial charge on any atom is -1.00 e. The van der Waals surface area contributed by atoms with Crippen LogP contribution in [-0.2, 0) is 0 Å². The van der Waals surface area contributed by atoms with Crippen LogP contribution in [0.3, 0.4) is 0 Å². The van der Waals surface area contributed by atoms with Gasteiger partial charge in [0.2, 0.25) is 0 Å². The van der Waals surface area contributed by atoms with Gasteiger partial charge in [-0.3, -0.25) is 0 Å². The minimum absolute atomic E-state index is 0. The standard InChI is InChI=1S/Al.2FH.Sr/h;2*1H;/q+3;;;+2/p-2. The summed E-state index contributed by atoms with van der Waals surface area (Å²) in [7, 11) is 0. The van der Waals surface area contributed by atoms with E-state index in [1.807, 2.05) is 0 Å². The third kappa shape index (κ3) is 9.11. The monoisotopic (exact) mass is 153 g/mol. The Bertz CT molecular complexity index is 6.00. The van der Waals surface area contributed by atoms with Crippen LogP contribution in [0.5, 0.6) is 0 Å². The first-order valence-corrected chi connectivity index (χ1v) is 0. The molecule has 0 radical (unpaired) electrons. The van der Waals surface area contributed by atoms with Crippen molar-refractivity contribution in [2.75, 3.05) is 0 Å². The van der Waals surface area contributed by atoms with Crippen molar-refractivity contribution in [3.63, 3.8) is 0 Å². The molecule has 4 heteroatoms. The second-order valence-electron chi connectivity index (χ2n) is 0. The van der Waals surface area contributed by atoms with Crippen LogP contribution in [0.1, 0.15) is 0 Å². The Morgan fingerprint density at radius 2 is 0.750 bits per heavy atom. The van der Waals surface area contributed by atoms with Gasteiger partial charge in [-0.2, -0.15) is 0 Å². The maximum atomic E-state index is 0. The average Bonchev–Trinajstić information content (AvgIpc) is 0. The molecule has 0 heterocycles. The van der Waals surface area contributed by atoms with Gasteiger partial charge < -0.3 is 9.41 Å². The molecule has 0 amide bonds. The van der Waals surface area contributed by atoms with Gasteiger partial charge in [0.05, 0.1) is 0 Å². The van der Waals surface area contributed by atoms with E-state index in [1.165, 1.54) is 0 Å². The Hall–Kier alpha value is 1.87. The van der Waals surface area contributed by atoms with Crippen LogP contribution >= 0.6 is 0 Å². The molecular formula is AlF2Sr+3. The van der Waals surface area contributed by atoms with Crippen molar-refractivity contribution >= 4 is 62.8 Å². The average molecular weight is 153 g/mol. The summed E-state index contributed by atoms with van der Waals surface area (Å²) in [4.78, 5) is 0. The third-order valence-corrected chi connectivity index (χ3v) is 0. The first-order chi connectivity index (χ1) is 0. The van der Waals surface area contributed by atoms with Crippen LogP contribution in [0.4, 0.5) is 0 Å². The van der Waals surface area contributed by atoms with Gasteiger partial charge in [0.15, 0.2) is 0 Å². The summed E-state index contributed by atoms with van der Waals surface area (Å²) in [5.41, 5.74) is 0. The topological polar surface area (TPSA) is 0 Å². The van der Waals surface area contributed by atoms with Crippen molar-refractivity contribution in [3.8, 4) is 0 Å². The van der Waals surface area contributed by atoms with E-state index in [9.17, 15) is 0 Å². The van der Waals surface area contributed by atoms with E-state index < -0.39 is 0 Å². The molecular weight excluding hydrogens is 153 g/mol. The fourth-order valence-electron chi connectivity index (χ4n) is 0. The minimum atomic E-state index is 0. The van der Waals surface area contributed by atoms with Crippen molar-refractivity contribution in [1.82, 2.24) is 0 Å². The third-order valence-electron chi connectivity index (χ3n) is 0. The smallest absolute Gasteiger partial charge is 1.00 e. The molecule has 0 aromatic rings. The SMILES string of the molecule is [Al+3].[F-].[F-].[Sr+2]. The van der Waals surface area contributed by atoms with Crippen molar-refractivity contribution < 1.29 is 9.41 Å². The summed E-state index contributed by atoms with van der Waals surface area (Å²) in [6, 6.07) is 0. The molecule has 0 N–H and O–H groups in total. The maximum absolute atomic E-state index is 0. The van der Waals surface area contributed by atoms with Gasteiger partial charge in [-0.1, -0.05) is 0 Å². The Kier molecular flexibility index (Phi) is 207. The van der Waals surface area contributed by atoms with Crippen molar-refractivity contribution in [3.05, 3.63) is 0 Å². The van der Waals surface area contributed by atoms with Crippen LogP contribution in [0.2, 0.25) is 0 Å². The zero-order valence-corrected chi connectivity index (χ0v) is 6.67. The van der Waals surface area contributed by atoms with Gasteiger partial charge in [0, 0.05) is 0 Å². The van der Waals surface area contributed by atoms with Crippen LogP contribution < -0.4 is 9.41 Å². The molecule has 0 bridgehead atoms. The van der Waals surface area contributed by atoms with Crippen LogP contribution in [-0.4, -0.2) is 62.8 Å². The summed E-state index contributed by atoms with van der Waals surface area (Å²) < 4.78 is 0. The van der Waals surface area contributed by atoms with E-state index >= 15 is 0 Å². The summed E-state index contributed by atoms with van der Waals surface area (Å²) in [6.07, 6.45) is 0. The van der Waals surface area contributed by atoms with Crippen LogP contribution in [0.15, 0.2) is 0 Å². The van der Waals surface area contributed by atoms with E-state index in [4.69, 9.17) is 0 Å². The molecule has 0 fully saturated rings. The van der Waals surface area contributed by atoms with E-state index in [2.05, 4.69) is 0 Å². The number of hydrogen-bond acceptors (Lipinski definition) is 0. The Morgan fingerprint density at radius 1 is 0.750 bits per heavy atom. The molecule has 0 rings (SSSR count). The van der Waals surface area contributed by atoms with E-state index in [0.717, 1.165) is 0 Å². The molecule has 0 nitrogen and oxygen atoms in total. The number of rotatable bonds is 0. The van der Waals surface area contributed by atoms with Gasteiger partial charge in [-0.15, -0.1) is 0 Å². The molecule has 0 aliphatic heterocycles. The molecule has 0 saturated carbocycles. The molecule has 0 saturated heterocycles. The second-order valence-corrected chi connectivity index (χ2v) is 0. The molecule has 0 aromatic heterocycles. The Balaban J connectivity index is 0. The molecule has 0 aliphatic carbocycles. The fourth-order valence-corrected chi connectivity index (χ4v) is 0. The zero-order valence-electron chi connectivity index (χ0n) is 2.04. The van der Waals surface area contributed by atoms with Crippen molar-refractivity contribution in [1.29, 1.82) is 0 Å². The molecule has 0 spiro atoms. The van der Waals surface area contributed by atoms with Crippen LogP contribution in [0.25, 0.3) is 0 Å². The summed E-state index contributed by atoms with van der Waals surface area (Å²) in [6.45, 7) is 0.